The van der Waals surface area contributed by atoms with E-state index < -0.39 is 0 Å². The Bertz CT molecular complexity index is 261. The van der Waals surface area contributed by atoms with Gasteiger partial charge in [-0.1, -0.05) is 20.8 Å². The molecule has 0 spiro atoms. The highest BCUT2D eigenvalue weighted by Crippen LogP contribution is 2.34. The van der Waals surface area contributed by atoms with Crippen molar-refractivity contribution in [3.05, 3.63) is 0 Å². The van der Waals surface area contributed by atoms with Crippen LogP contribution in [0.1, 0.15) is 33.6 Å². The summed E-state index contributed by atoms with van der Waals surface area (Å²) in [6.07, 6.45) is 2.79. The van der Waals surface area contributed by atoms with Crippen LogP contribution < -0.4 is 5.32 Å². The summed E-state index contributed by atoms with van der Waals surface area (Å²) in [5, 5.41) is 3.76. The summed E-state index contributed by atoms with van der Waals surface area (Å²) in [5.74, 6) is 2.61. The molecule has 2 rings (SSSR count). The van der Waals surface area contributed by atoms with Gasteiger partial charge in [-0.15, -0.1) is 0 Å². The maximum absolute atomic E-state index is 3.76. The first kappa shape index (κ1) is 15.3. The molecule has 1 N–H and O–H groups in total. The lowest BCUT2D eigenvalue weighted by Crippen LogP contribution is -2.52. The van der Waals surface area contributed by atoms with Gasteiger partial charge < -0.3 is 15.1 Å². The fourth-order valence-electron chi connectivity index (χ4n) is 4.04. The van der Waals surface area contributed by atoms with Gasteiger partial charge in [0.15, 0.2) is 0 Å². The molecule has 3 heteroatoms. The number of hydrogen-bond donors (Lipinski definition) is 1. The van der Waals surface area contributed by atoms with Gasteiger partial charge in [0, 0.05) is 38.8 Å². The Morgan fingerprint density at radius 2 is 1.74 bits per heavy atom. The van der Waals surface area contributed by atoms with Crippen LogP contribution in [-0.4, -0.2) is 62.2 Å². The summed E-state index contributed by atoms with van der Waals surface area (Å²) in [5.41, 5.74) is 0. The summed E-state index contributed by atoms with van der Waals surface area (Å²) in [4.78, 5) is 5.14. The van der Waals surface area contributed by atoms with Crippen LogP contribution >= 0.6 is 0 Å². The minimum absolute atomic E-state index is 0.739. The summed E-state index contributed by atoms with van der Waals surface area (Å²) >= 11 is 0. The molecule has 19 heavy (non-hydrogen) atoms. The van der Waals surface area contributed by atoms with Crippen LogP contribution in [0.3, 0.4) is 0 Å². The van der Waals surface area contributed by atoms with Gasteiger partial charge in [0.1, 0.15) is 0 Å². The van der Waals surface area contributed by atoms with Gasteiger partial charge in [-0.25, -0.2) is 0 Å². The summed E-state index contributed by atoms with van der Waals surface area (Å²) in [6.45, 7) is 14.6. The monoisotopic (exact) mass is 267 g/mol. The Morgan fingerprint density at radius 3 is 2.37 bits per heavy atom. The van der Waals surface area contributed by atoms with Gasteiger partial charge in [-0.2, -0.15) is 0 Å². The van der Waals surface area contributed by atoms with Crippen LogP contribution in [0.5, 0.6) is 0 Å². The molecule has 0 aromatic heterocycles. The largest absolute Gasteiger partial charge is 0.314 e. The van der Waals surface area contributed by atoms with Crippen LogP contribution in [0.25, 0.3) is 0 Å². The molecule has 1 heterocycles. The molecule has 4 unspecified atom stereocenters. The highest BCUT2D eigenvalue weighted by atomic mass is 15.2. The lowest BCUT2D eigenvalue weighted by Gasteiger charge is -2.44. The van der Waals surface area contributed by atoms with E-state index in [4.69, 9.17) is 0 Å². The Balaban J connectivity index is 1.91. The lowest BCUT2D eigenvalue weighted by molar-refractivity contribution is 0.0754. The normalized spacial score (nSPS) is 38.5. The number of nitrogens with one attached hydrogen (secondary N) is 1. The molecular weight excluding hydrogens is 234 g/mol. The molecule has 1 aliphatic carbocycles. The third kappa shape index (κ3) is 4.17. The molecule has 0 aromatic rings. The van der Waals surface area contributed by atoms with Crippen LogP contribution in [-0.2, 0) is 0 Å². The Labute approximate surface area is 119 Å². The number of rotatable bonds is 4. The molecule has 0 bridgehead atoms. The van der Waals surface area contributed by atoms with Crippen molar-refractivity contribution >= 4 is 0 Å². The van der Waals surface area contributed by atoms with Gasteiger partial charge in [-0.05, 0) is 44.2 Å². The zero-order valence-corrected chi connectivity index (χ0v) is 13.4. The molecule has 1 saturated carbocycles. The van der Waals surface area contributed by atoms with Crippen LogP contribution in [0.2, 0.25) is 0 Å². The smallest absolute Gasteiger partial charge is 0.0112 e. The minimum atomic E-state index is 0.739. The standard InChI is InChI=1S/C16H33N3/c1-5-17-16-11-13(2)10-14(3)15(16)12-19-8-6-18(4)7-9-19/h13-17H,5-12H2,1-4H3. The first-order valence-corrected chi connectivity index (χ1v) is 8.24. The zero-order valence-electron chi connectivity index (χ0n) is 13.4. The molecule has 1 aliphatic heterocycles. The van der Waals surface area contributed by atoms with Gasteiger partial charge in [0.25, 0.3) is 0 Å². The fourth-order valence-corrected chi connectivity index (χ4v) is 4.04. The van der Waals surface area contributed by atoms with Crippen molar-refractivity contribution in [3.8, 4) is 0 Å². The van der Waals surface area contributed by atoms with Crippen molar-refractivity contribution in [2.75, 3.05) is 46.3 Å². The minimum Gasteiger partial charge on any atom is -0.314 e. The highest BCUT2D eigenvalue weighted by Gasteiger charge is 2.34. The zero-order chi connectivity index (χ0) is 13.8. The van der Waals surface area contributed by atoms with Crippen molar-refractivity contribution in [1.82, 2.24) is 15.1 Å². The average molecular weight is 267 g/mol. The second-order valence-electron chi connectivity index (χ2n) is 6.99. The molecular formula is C16H33N3. The van der Waals surface area contributed by atoms with Gasteiger partial charge in [-0.3, -0.25) is 0 Å². The Morgan fingerprint density at radius 1 is 1.05 bits per heavy atom. The maximum Gasteiger partial charge on any atom is 0.0112 e. The average Bonchev–Trinajstić information content (AvgIpc) is 2.36. The van der Waals surface area contributed by atoms with E-state index in [0.29, 0.717) is 0 Å². The van der Waals surface area contributed by atoms with Crippen LogP contribution in [0.4, 0.5) is 0 Å². The summed E-state index contributed by atoms with van der Waals surface area (Å²) in [7, 11) is 2.24. The molecule has 2 aliphatic rings. The fraction of sp³-hybridized carbons (Fsp3) is 1.00. The Hall–Kier alpha value is -0.120. The summed E-state index contributed by atoms with van der Waals surface area (Å²) < 4.78 is 0. The third-order valence-electron chi connectivity index (χ3n) is 5.21. The van der Waals surface area contributed by atoms with E-state index in [9.17, 15) is 0 Å². The number of hydrogen-bond acceptors (Lipinski definition) is 3. The molecule has 112 valence electrons. The quantitative estimate of drug-likeness (QED) is 0.839. The molecule has 0 radical (unpaired) electrons. The highest BCUT2D eigenvalue weighted by molar-refractivity contribution is 4.89. The van der Waals surface area contributed by atoms with E-state index in [0.717, 1.165) is 30.3 Å². The van der Waals surface area contributed by atoms with Crippen molar-refractivity contribution in [3.63, 3.8) is 0 Å². The van der Waals surface area contributed by atoms with Crippen molar-refractivity contribution < 1.29 is 0 Å². The second kappa shape index (κ2) is 7.05. The predicted octanol–water partition coefficient (Wildman–Crippen LogP) is 1.89. The molecule has 2 fully saturated rings. The molecule has 0 aromatic carbocycles. The number of nitrogens with zero attached hydrogens (tertiary/aromatic N) is 2. The lowest BCUT2D eigenvalue weighted by atomic mass is 9.72. The first-order chi connectivity index (χ1) is 9.10. The van der Waals surface area contributed by atoms with Crippen molar-refractivity contribution in [2.24, 2.45) is 17.8 Å². The second-order valence-corrected chi connectivity index (χ2v) is 6.99. The number of piperazine rings is 1. The molecule has 4 atom stereocenters. The van der Waals surface area contributed by atoms with Crippen LogP contribution in [0.15, 0.2) is 0 Å². The van der Waals surface area contributed by atoms with E-state index in [1.165, 1.54) is 45.6 Å². The summed E-state index contributed by atoms with van der Waals surface area (Å²) in [6, 6.07) is 0.739. The van der Waals surface area contributed by atoms with Crippen LogP contribution in [0, 0.1) is 17.8 Å². The van der Waals surface area contributed by atoms with E-state index in [-0.39, 0.29) is 0 Å². The number of likely N-dealkylation sites (N-methyl/N-ethyl adjacent to an activating group) is 1. The van der Waals surface area contributed by atoms with E-state index in [2.05, 4.69) is 42.9 Å². The van der Waals surface area contributed by atoms with Gasteiger partial charge >= 0.3 is 0 Å². The Kier molecular flexibility index (Phi) is 5.67. The third-order valence-corrected chi connectivity index (χ3v) is 5.21. The van der Waals surface area contributed by atoms with E-state index in [1.807, 2.05) is 0 Å². The van der Waals surface area contributed by atoms with Gasteiger partial charge in [0.2, 0.25) is 0 Å². The van der Waals surface area contributed by atoms with Crippen molar-refractivity contribution in [1.29, 1.82) is 0 Å². The van der Waals surface area contributed by atoms with E-state index in [1.54, 1.807) is 0 Å². The van der Waals surface area contributed by atoms with E-state index >= 15 is 0 Å². The topological polar surface area (TPSA) is 18.5 Å². The maximum atomic E-state index is 3.76. The molecule has 0 amide bonds. The van der Waals surface area contributed by atoms with Gasteiger partial charge in [0.05, 0.1) is 0 Å². The SMILES string of the molecule is CCNC1CC(C)CC(C)C1CN1CCN(C)CC1. The predicted molar refractivity (Wildman–Crippen MR) is 82.5 cm³/mol. The van der Waals surface area contributed by atoms with Crippen molar-refractivity contribution in [2.45, 2.75) is 39.7 Å². The first-order valence-electron chi connectivity index (χ1n) is 8.24. The molecule has 1 saturated heterocycles. The molecule has 3 nitrogen and oxygen atoms in total.